The highest BCUT2D eigenvalue weighted by molar-refractivity contribution is 7.91. The summed E-state index contributed by atoms with van der Waals surface area (Å²) >= 11 is 0. The van der Waals surface area contributed by atoms with Gasteiger partial charge in [0.1, 0.15) is 23.4 Å². The molecule has 3 atom stereocenters. The van der Waals surface area contributed by atoms with Crippen molar-refractivity contribution in [2.24, 2.45) is 17.4 Å². The molecule has 2 amide bonds. The molecule has 1 unspecified atom stereocenters. The van der Waals surface area contributed by atoms with Crippen molar-refractivity contribution in [3.05, 3.63) is 59.7 Å². The van der Waals surface area contributed by atoms with Gasteiger partial charge in [-0.15, -0.1) is 0 Å². The number of carbonyl (C=O) groups is 3. The number of amides is 2. The number of sulfone groups is 1. The van der Waals surface area contributed by atoms with Gasteiger partial charge in [-0.25, -0.2) is 8.42 Å². The van der Waals surface area contributed by atoms with Gasteiger partial charge in [0.05, 0.1) is 43.0 Å². The van der Waals surface area contributed by atoms with Crippen LogP contribution in [0.1, 0.15) is 50.2 Å². The average Bonchev–Trinajstić information content (AvgIpc) is 3.55. The Bertz CT molecular complexity index is 1450. The number of nitrogen functional groups attached to an aromatic ring is 1. The average molecular weight is 674 g/mol. The minimum Gasteiger partial charge on any atom is -0.497 e. The zero-order chi connectivity index (χ0) is 34.4. The summed E-state index contributed by atoms with van der Waals surface area (Å²) in [5, 5.41) is 10.4. The van der Waals surface area contributed by atoms with Crippen LogP contribution in [-0.2, 0) is 40.2 Å². The van der Waals surface area contributed by atoms with Gasteiger partial charge in [-0.1, -0.05) is 24.3 Å². The van der Waals surface area contributed by atoms with Crippen molar-refractivity contribution in [2.45, 2.75) is 62.6 Å². The molecule has 2 aromatic carbocycles. The highest BCUT2D eigenvalue weighted by Crippen LogP contribution is 2.26. The van der Waals surface area contributed by atoms with Crippen LogP contribution in [0.5, 0.6) is 5.75 Å². The number of nitrogens with one attached hydrogen (secondary N) is 2. The van der Waals surface area contributed by atoms with Crippen molar-refractivity contribution in [2.75, 3.05) is 45.8 Å². The molecule has 1 saturated heterocycles. The number of ether oxygens (including phenoxy) is 3. The maximum Gasteiger partial charge on any atom is 0.243 e. The fourth-order valence-corrected chi connectivity index (χ4v) is 6.85. The molecular weight excluding hydrogens is 626 g/mol. The van der Waals surface area contributed by atoms with Gasteiger partial charge in [-0.3, -0.25) is 19.8 Å². The van der Waals surface area contributed by atoms with Crippen LogP contribution in [0.2, 0.25) is 0 Å². The topological polar surface area (TPSA) is 204 Å². The molecule has 6 N–H and O–H groups in total. The van der Waals surface area contributed by atoms with E-state index in [1.165, 1.54) is 36.3 Å². The van der Waals surface area contributed by atoms with Crippen molar-refractivity contribution in [3.8, 4) is 5.75 Å². The first-order valence-electron chi connectivity index (χ1n) is 15.7. The van der Waals surface area contributed by atoms with Gasteiger partial charge in [0, 0.05) is 44.6 Å². The predicted octanol–water partition coefficient (Wildman–Crippen LogP) is 1.80. The Morgan fingerprint density at radius 2 is 1.79 bits per heavy atom. The Morgan fingerprint density at radius 1 is 1.09 bits per heavy atom. The second kappa shape index (κ2) is 18.5. The Morgan fingerprint density at radius 3 is 2.43 bits per heavy atom. The fraction of sp³-hybridized carbons (Fsp3) is 0.515. The third-order valence-corrected chi connectivity index (χ3v) is 9.68. The Hall–Kier alpha value is -3.85. The highest BCUT2D eigenvalue weighted by Gasteiger charge is 2.39. The molecule has 1 fully saturated rings. The largest absolute Gasteiger partial charge is 0.497 e. The van der Waals surface area contributed by atoms with Crippen LogP contribution in [0.25, 0.3) is 0 Å². The van der Waals surface area contributed by atoms with Crippen LogP contribution in [0.3, 0.4) is 0 Å². The van der Waals surface area contributed by atoms with E-state index in [0.29, 0.717) is 56.9 Å². The van der Waals surface area contributed by atoms with Crippen molar-refractivity contribution >= 4 is 33.3 Å². The van der Waals surface area contributed by atoms with Gasteiger partial charge in [0.2, 0.25) is 11.8 Å². The number of hydrogen-bond donors (Lipinski definition) is 4. The van der Waals surface area contributed by atoms with E-state index < -0.39 is 33.5 Å². The quantitative estimate of drug-likeness (QED) is 0.0911. The number of Topliss-reactive ketones (excluding diaryl/α,β-unsaturated/α-hetero) is 1. The lowest BCUT2D eigenvalue weighted by Gasteiger charge is -2.28. The third kappa shape index (κ3) is 11.7. The second-order valence-electron chi connectivity index (χ2n) is 11.6. The lowest BCUT2D eigenvalue weighted by molar-refractivity contribution is -0.142. The summed E-state index contributed by atoms with van der Waals surface area (Å²) in [7, 11) is -2.50. The summed E-state index contributed by atoms with van der Waals surface area (Å²) in [5.41, 5.74) is 12.3. The summed E-state index contributed by atoms with van der Waals surface area (Å²) in [4.78, 5) is 41.7. The lowest BCUT2D eigenvalue weighted by atomic mass is 9.99. The Labute approximate surface area is 276 Å². The van der Waals surface area contributed by atoms with Crippen LogP contribution < -0.4 is 21.5 Å². The van der Waals surface area contributed by atoms with Crippen molar-refractivity contribution in [1.29, 1.82) is 5.41 Å². The number of methoxy groups -OCH3 is 1. The summed E-state index contributed by atoms with van der Waals surface area (Å²) in [6.45, 7) is 3.84. The molecule has 0 spiro atoms. The van der Waals surface area contributed by atoms with E-state index in [2.05, 4.69) is 5.32 Å². The number of amidine groups is 1. The first kappa shape index (κ1) is 37.6. The van der Waals surface area contributed by atoms with Crippen LogP contribution in [-0.4, -0.2) is 94.7 Å². The maximum atomic E-state index is 14.0. The smallest absolute Gasteiger partial charge is 0.243 e. The van der Waals surface area contributed by atoms with Gasteiger partial charge in [0.25, 0.3) is 0 Å². The maximum absolute atomic E-state index is 14.0. The first-order valence-corrected chi connectivity index (χ1v) is 17.4. The van der Waals surface area contributed by atoms with Crippen LogP contribution in [0.4, 0.5) is 0 Å². The van der Waals surface area contributed by atoms with E-state index in [0.717, 1.165) is 5.56 Å². The lowest BCUT2D eigenvalue weighted by Crippen LogP contribution is -2.49. The molecule has 0 aromatic heterocycles. The van der Waals surface area contributed by atoms with E-state index in [9.17, 15) is 22.8 Å². The summed E-state index contributed by atoms with van der Waals surface area (Å²) < 4.78 is 43.1. The van der Waals surface area contributed by atoms with Crippen LogP contribution in [0.15, 0.2) is 53.4 Å². The standard InChI is InChI=1S/C33H47N5O8S/c1-23(21-45-18-15-34)46-17-4-5-27(39)19-26(22-47(42,43)29-13-11-28(44-2)12-14-29)33(41)38-16-3-6-30(38)32(40)37-20-24-7-9-25(10-8-24)31(35)36/h7-14,23,26,30H,3-6,15-22,34H2,1-2H3,(H3,35,36)(H,37,40)/t23?,26-,30-/m0/s1. The van der Waals surface area contributed by atoms with Gasteiger partial charge in [-0.05, 0) is 56.0 Å². The van der Waals surface area contributed by atoms with Gasteiger partial charge < -0.3 is 35.9 Å². The summed E-state index contributed by atoms with van der Waals surface area (Å²) in [6.07, 6.45) is 1.02. The summed E-state index contributed by atoms with van der Waals surface area (Å²) in [5.74, 6) is -2.50. The minimum absolute atomic E-state index is 0.00861. The number of likely N-dealkylation sites (tertiary alicyclic amines) is 1. The second-order valence-corrected chi connectivity index (χ2v) is 13.6. The molecule has 2 aromatic rings. The molecule has 0 bridgehead atoms. The molecule has 1 aliphatic heterocycles. The molecule has 0 aliphatic carbocycles. The molecule has 1 heterocycles. The number of carbonyl (C=O) groups excluding carboxylic acids is 3. The predicted molar refractivity (Wildman–Crippen MR) is 177 cm³/mol. The highest BCUT2D eigenvalue weighted by atomic mass is 32.2. The number of nitrogens with two attached hydrogens (primary N) is 2. The molecular formula is C33H47N5O8S. The number of hydrogen-bond acceptors (Lipinski definition) is 10. The number of ketones is 1. The van der Waals surface area contributed by atoms with Gasteiger partial charge >= 0.3 is 0 Å². The van der Waals surface area contributed by atoms with Gasteiger partial charge in [0.15, 0.2) is 9.84 Å². The van der Waals surface area contributed by atoms with Crippen LogP contribution in [0, 0.1) is 11.3 Å². The number of benzene rings is 2. The molecule has 47 heavy (non-hydrogen) atoms. The first-order chi connectivity index (χ1) is 22.4. The molecule has 0 saturated carbocycles. The van der Waals surface area contributed by atoms with E-state index >= 15 is 0 Å². The Kier molecular flexibility index (Phi) is 14.8. The van der Waals surface area contributed by atoms with E-state index in [4.69, 9.17) is 31.1 Å². The molecule has 0 radical (unpaired) electrons. The zero-order valence-electron chi connectivity index (χ0n) is 27.1. The Balaban J connectivity index is 1.69. The third-order valence-electron chi connectivity index (χ3n) is 7.85. The van der Waals surface area contributed by atoms with Crippen molar-refractivity contribution in [1.82, 2.24) is 10.2 Å². The fourth-order valence-electron chi connectivity index (χ4n) is 5.32. The number of rotatable bonds is 20. The molecule has 14 heteroatoms. The molecule has 258 valence electrons. The minimum atomic E-state index is -3.97. The summed E-state index contributed by atoms with van der Waals surface area (Å²) in [6, 6.07) is 11.9. The molecule has 3 rings (SSSR count). The molecule has 13 nitrogen and oxygen atoms in total. The monoisotopic (exact) mass is 673 g/mol. The van der Waals surface area contributed by atoms with Crippen molar-refractivity contribution < 1.29 is 37.0 Å². The number of nitrogens with zero attached hydrogens (tertiary/aromatic N) is 1. The van der Waals surface area contributed by atoms with E-state index in [1.807, 2.05) is 6.92 Å². The van der Waals surface area contributed by atoms with E-state index in [-0.39, 0.29) is 54.5 Å². The van der Waals surface area contributed by atoms with Crippen molar-refractivity contribution in [3.63, 3.8) is 0 Å². The molecule has 1 aliphatic rings. The van der Waals surface area contributed by atoms with E-state index in [1.54, 1.807) is 24.3 Å². The normalized spacial score (nSPS) is 16.0. The zero-order valence-corrected chi connectivity index (χ0v) is 27.9. The van der Waals surface area contributed by atoms with Crippen LogP contribution >= 0.6 is 0 Å². The van der Waals surface area contributed by atoms with Gasteiger partial charge in [-0.2, -0.15) is 0 Å². The SMILES string of the molecule is COc1ccc(S(=O)(=O)C[C@H](CC(=O)CCCOC(C)COCCN)C(=O)N2CCC[C@H]2C(=O)NCc2ccc(C(=N)N)cc2)cc1.